The van der Waals surface area contributed by atoms with Gasteiger partial charge in [-0.05, 0) is 31.4 Å². The second kappa shape index (κ2) is 5.49. The molecule has 0 radical (unpaired) electrons. The highest BCUT2D eigenvalue weighted by molar-refractivity contribution is 5.74. The van der Waals surface area contributed by atoms with Gasteiger partial charge >= 0.3 is 0 Å². The van der Waals surface area contributed by atoms with Crippen LogP contribution in [-0.4, -0.2) is 12.8 Å². The number of unbranched alkanes of at least 4 members (excludes halogenated alkanes) is 1. The summed E-state index contributed by atoms with van der Waals surface area (Å²) in [6, 6.07) is 7.70. The highest BCUT2D eigenvalue weighted by Crippen LogP contribution is 2.06. The van der Waals surface area contributed by atoms with Gasteiger partial charge < -0.3 is 5.73 Å². The molecule has 1 aromatic rings. The number of rotatable bonds is 5. The van der Waals surface area contributed by atoms with E-state index in [-0.39, 0.29) is 0 Å². The molecule has 0 unspecified atom stereocenters. The van der Waals surface area contributed by atoms with Gasteiger partial charge in [-0.2, -0.15) is 0 Å². The Labute approximate surface area is 78.8 Å². The zero-order valence-corrected chi connectivity index (χ0v) is 7.70. The lowest BCUT2D eigenvalue weighted by Gasteiger charge is -1.99. The standard InChI is InChI=1S/C11H15NO/c12-8-2-1-3-10-4-6-11(9-13)7-5-10/h4-7,9H,1-3,8,12H2. The van der Waals surface area contributed by atoms with Gasteiger partial charge in [-0.3, -0.25) is 4.79 Å². The molecule has 1 rings (SSSR count). The molecule has 0 fully saturated rings. The summed E-state index contributed by atoms with van der Waals surface area (Å²) in [6.07, 6.45) is 4.10. The molecule has 0 aliphatic carbocycles. The molecular formula is C11H15NO. The number of aryl methyl sites for hydroxylation is 1. The number of carbonyl (C=O) groups excluding carboxylic acids is 1. The average molecular weight is 177 g/mol. The molecule has 2 nitrogen and oxygen atoms in total. The van der Waals surface area contributed by atoms with E-state index in [1.807, 2.05) is 24.3 Å². The quantitative estimate of drug-likeness (QED) is 0.550. The van der Waals surface area contributed by atoms with Gasteiger partial charge in [-0.15, -0.1) is 0 Å². The lowest BCUT2D eigenvalue weighted by atomic mass is 10.1. The number of aldehydes is 1. The van der Waals surface area contributed by atoms with E-state index in [1.54, 1.807) is 0 Å². The Kier molecular flexibility index (Phi) is 4.19. The fourth-order valence-electron chi connectivity index (χ4n) is 1.24. The van der Waals surface area contributed by atoms with Gasteiger partial charge in [0.25, 0.3) is 0 Å². The van der Waals surface area contributed by atoms with Crippen LogP contribution in [0.3, 0.4) is 0 Å². The van der Waals surface area contributed by atoms with Crippen LogP contribution < -0.4 is 5.73 Å². The van der Waals surface area contributed by atoms with Crippen molar-refractivity contribution in [3.63, 3.8) is 0 Å². The minimum absolute atomic E-state index is 0.738. The van der Waals surface area contributed by atoms with Crippen LogP contribution in [0.2, 0.25) is 0 Å². The first kappa shape index (κ1) is 9.93. The van der Waals surface area contributed by atoms with Crippen molar-refractivity contribution >= 4 is 6.29 Å². The summed E-state index contributed by atoms with van der Waals surface area (Å²) < 4.78 is 0. The summed E-state index contributed by atoms with van der Waals surface area (Å²) in [4.78, 5) is 10.4. The summed E-state index contributed by atoms with van der Waals surface area (Å²) >= 11 is 0. The van der Waals surface area contributed by atoms with Crippen molar-refractivity contribution in [3.8, 4) is 0 Å². The van der Waals surface area contributed by atoms with E-state index in [9.17, 15) is 4.79 Å². The van der Waals surface area contributed by atoms with Gasteiger partial charge in [-0.25, -0.2) is 0 Å². The topological polar surface area (TPSA) is 43.1 Å². The van der Waals surface area contributed by atoms with E-state index < -0.39 is 0 Å². The molecule has 70 valence electrons. The van der Waals surface area contributed by atoms with Gasteiger partial charge in [0, 0.05) is 5.56 Å². The monoisotopic (exact) mass is 177 g/mol. The third-order valence-corrected chi connectivity index (χ3v) is 2.04. The number of benzene rings is 1. The Hall–Kier alpha value is -1.15. The second-order valence-corrected chi connectivity index (χ2v) is 3.11. The van der Waals surface area contributed by atoms with Crippen LogP contribution in [0.5, 0.6) is 0 Å². The van der Waals surface area contributed by atoms with Crippen LogP contribution in [0.1, 0.15) is 28.8 Å². The predicted octanol–water partition coefficient (Wildman–Crippen LogP) is 1.78. The first-order valence-corrected chi connectivity index (χ1v) is 4.61. The van der Waals surface area contributed by atoms with Crippen molar-refractivity contribution in [2.45, 2.75) is 19.3 Å². The third kappa shape index (κ3) is 3.38. The van der Waals surface area contributed by atoms with Gasteiger partial charge in [0.05, 0.1) is 0 Å². The maximum Gasteiger partial charge on any atom is 0.150 e. The van der Waals surface area contributed by atoms with E-state index in [4.69, 9.17) is 5.73 Å². The van der Waals surface area contributed by atoms with Gasteiger partial charge in [0.2, 0.25) is 0 Å². The average Bonchev–Trinajstić information content (AvgIpc) is 2.19. The smallest absolute Gasteiger partial charge is 0.150 e. The van der Waals surface area contributed by atoms with E-state index in [2.05, 4.69) is 0 Å². The molecule has 0 heterocycles. The molecule has 0 aromatic heterocycles. The molecule has 0 atom stereocenters. The molecule has 1 aromatic carbocycles. The molecule has 0 aliphatic rings. The molecule has 0 saturated carbocycles. The van der Waals surface area contributed by atoms with Gasteiger partial charge in [0.1, 0.15) is 6.29 Å². The summed E-state index contributed by atoms with van der Waals surface area (Å²) in [7, 11) is 0. The predicted molar refractivity (Wildman–Crippen MR) is 53.8 cm³/mol. The lowest BCUT2D eigenvalue weighted by Crippen LogP contribution is -1.98. The Morgan fingerprint density at radius 2 is 1.85 bits per heavy atom. The Morgan fingerprint density at radius 1 is 1.15 bits per heavy atom. The van der Waals surface area contributed by atoms with Crippen LogP contribution in [0, 0.1) is 0 Å². The molecule has 2 N–H and O–H groups in total. The third-order valence-electron chi connectivity index (χ3n) is 2.04. The Bertz CT molecular complexity index is 253. The van der Waals surface area contributed by atoms with E-state index in [0.717, 1.165) is 37.7 Å². The summed E-state index contributed by atoms with van der Waals surface area (Å²) in [5.41, 5.74) is 7.41. The zero-order chi connectivity index (χ0) is 9.52. The van der Waals surface area contributed by atoms with Crippen LogP contribution in [0.15, 0.2) is 24.3 Å². The zero-order valence-electron chi connectivity index (χ0n) is 7.70. The molecule has 0 amide bonds. The number of hydrogen-bond acceptors (Lipinski definition) is 2. The molecular weight excluding hydrogens is 162 g/mol. The van der Waals surface area contributed by atoms with Crippen molar-refractivity contribution < 1.29 is 4.79 Å². The van der Waals surface area contributed by atoms with Crippen LogP contribution >= 0.6 is 0 Å². The maximum atomic E-state index is 10.4. The maximum absolute atomic E-state index is 10.4. The molecule has 0 saturated heterocycles. The van der Waals surface area contributed by atoms with Crippen molar-refractivity contribution in [1.82, 2.24) is 0 Å². The molecule has 0 spiro atoms. The van der Waals surface area contributed by atoms with Crippen molar-refractivity contribution in [1.29, 1.82) is 0 Å². The summed E-state index contributed by atoms with van der Waals surface area (Å²) in [5, 5.41) is 0. The van der Waals surface area contributed by atoms with E-state index in [1.165, 1.54) is 5.56 Å². The van der Waals surface area contributed by atoms with Crippen LogP contribution in [0.25, 0.3) is 0 Å². The number of carbonyl (C=O) groups is 1. The van der Waals surface area contributed by atoms with Gasteiger partial charge in [0.15, 0.2) is 0 Å². The van der Waals surface area contributed by atoms with Crippen LogP contribution in [0.4, 0.5) is 0 Å². The fraction of sp³-hybridized carbons (Fsp3) is 0.364. The van der Waals surface area contributed by atoms with Crippen LogP contribution in [-0.2, 0) is 6.42 Å². The minimum Gasteiger partial charge on any atom is -0.330 e. The highest BCUT2D eigenvalue weighted by atomic mass is 16.1. The molecule has 13 heavy (non-hydrogen) atoms. The van der Waals surface area contributed by atoms with E-state index >= 15 is 0 Å². The second-order valence-electron chi connectivity index (χ2n) is 3.11. The molecule has 2 heteroatoms. The first-order valence-electron chi connectivity index (χ1n) is 4.61. The summed E-state index contributed by atoms with van der Waals surface area (Å²) in [6.45, 7) is 0.756. The number of hydrogen-bond donors (Lipinski definition) is 1. The summed E-state index contributed by atoms with van der Waals surface area (Å²) in [5.74, 6) is 0. The largest absolute Gasteiger partial charge is 0.330 e. The number of nitrogens with two attached hydrogens (primary N) is 1. The van der Waals surface area contributed by atoms with Gasteiger partial charge in [-0.1, -0.05) is 24.3 Å². The van der Waals surface area contributed by atoms with Crippen molar-refractivity contribution in [2.24, 2.45) is 5.73 Å². The molecule has 0 aliphatic heterocycles. The Balaban J connectivity index is 2.44. The first-order chi connectivity index (χ1) is 6.36. The SMILES string of the molecule is NCCCCc1ccc(C=O)cc1. The highest BCUT2D eigenvalue weighted by Gasteiger charge is 1.93. The Morgan fingerprint density at radius 3 is 2.38 bits per heavy atom. The lowest BCUT2D eigenvalue weighted by molar-refractivity contribution is 0.112. The molecule has 0 bridgehead atoms. The fourth-order valence-corrected chi connectivity index (χ4v) is 1.24. The van der Waals surface area contributed by atoms with Crippen molar-refractivity contribution in [3.05, 3.63) is 35.4 Å². The van der Waals surface area contributed by atoms with E-state index in [0.29, 0.717) is 0 Å². The normalized spacial score (nSPS) is 9.92. The minimum atomic E-state index is 0.738. The van der Waals surface area contributed by atoms with Crippen molar-refractivity contribution in [2.75, 3.05) is 6.54 Å².